The first-order chi connectivity index (χ1) is 33.6. The molecule has 0 aromatic heterocycles. The van der Waals surface area contributed by atoms with E-state index in [1.54, 1.807) is 0 Å². The summed E-state index contributed by atoms with van der Waals surface area (Å²) in [6, 6.07) is 0. The van der Waals surface area contributed by atoms with Crippen molar-refractivity contribution in [1.82, 2.24) is 0 Å². The van der Waals surface area contributed by atoms with Gasteiger partial charge < -0.3 is 14.2 Å². The average Bonchev–Trinajstić information content (AvgIpc) is 3.34. The van der Waals surface area contributed by atoms with Crippen LogP contribution in [0.1, 0.15) is 355 Å². The maximum atomic E-state index is 12.9. The number of carbonyl (C=O) groups excluding carboxylic acids is 2. The minimum Gasteiger partial charge on any atom is -0.462 e. The van der Waals surface area contributed by atoms with Gasteiger partial charge in [-0.3, -0.25) is 9.59 Å². The molecule has 68 heavy (non-hydrogen) atoms. The normalized spacial score (nSPS) is 12.1. The minimum absolute atomic E-state index is 0.0934. The van der Waals surface area contributed by atoms with E-state index in [1.165, 1.54) is 289 Å². The van der Waals surface area contributed by atoms with Gasteiger partial charge in [0.1, 0.15) is 6.61 Å². The van der Waals surface area contributed by atoms with Crippen molar-refractivity contribution < 1.29 is 23.8 Å². The molecule has 0 saturated heterocycles. The van der Waals surface area contributed by atoms with Gasteiger partial charge in [0.2, 0.25) is 0 Å². The Labute approximate surface area is 426 Å². The molecule has 0 saturated carbocycles. The summed E-state index contributed by atoms with van der Waals surface area (Å²) in [5.41, 5.74) is 0. The van der Waals surface area contributed by atoms with Gasteiger partial charge >= 0.3 is 11.9 Å². The SMILES string of the molecule is CCCCCCCC/C=C\CCCCCCCCCC(=O)OCC(COCCCCCCCCCCCCCCCCCCCC)OC(=O)CCCCCCCCCCCCCCCCCCC. The van der Waals surface area contributed by atoms with Gasteiger partial charge in [0.25, 0.3) is 0 Å². The van der Waals surface area contributed by atoms with Crippen LogP contribution in [0.15, 0.2) is 12.2 Å². The highest BCUT2D eigenvalue weighted by atomic mass is 16.6. The van der Waals surface area contributed by atoms with Crippen molar-refractivity contribution in [2.24, 2.45) is 0 Å². The molecule has 1 unspecified atom stereocenters. The Bertz CT molecular complexity index is 994. The molecule has 1 atom stereocenters. The number of hydrogen-bond donors (Lipinski definition) is 0. The number of ether oxygens (including phenoxy) is 3. The van der Waals surface area contributed by atoms with Gasteiger partial charge in [-0.05, 0) is 44.9 Å². The van der Waals surface area contributed by atoms with Gasteiger partial charge in [-0.15, -0.1) is 0 Å². The Balaban J connectivity index is 4.20. The molecule has 0 rings (SSSR count). The van der Waals surface area contributed by atoms with Crippen molar-refractivity contribution in [2.45, 2.75) is 361 Å². The zero-order valence-corrected chi connectivity index (χ0v) is 46.7. The second-order valence-electron chi connectivity index (χ2n) is 21.3. The van der Waals surface area contributed by atoms with Gasteiger partial charge in [-0.1, -0.05) is 309 Å². The lowest BCUT2D eigenvalue weighted by atomic mass is 10.0. The Morgan fingerprint density at radius 3 is 0.897 bits per heavy atom. The number of unbranched alkanes of at least 4 members (excludes halogenated alkanes) is 46. The summed E-state index contributed by atoms with van der Waals surface area (Å²) in [7, 11) is 0. The Hall–Kier alpha value is -1.36. The van der Waals surface area contributed by atoms with E-state index >= 15 is 0 Å². The highest BCUT2D eigenvalue weighted by Crippen LogP contribution is 2.18. The maximum absolute atomic E-state index is 12.9. The lowest BCUT2D eigenvalue weighted by Crippen LogP contribution is -2.30. The highest BCUT2D eigenvalue weighted by molar-refractivity contribution is 5.70. The number of carbonyl (C=O) groups is 2. The van der Waals surface area contributed by atoms with Crippen LogP contribution in [-0.4, -0.2) is 37.9 Å². The predicted octanol–water partition coefficient (Wildman–Crippen LogP) is 21.4. The van der Waals surface area contributed by atoms with E-state index in [0.717, 1.165) is 32.1 Å². The van der Waals surface area contributed by atoms with Crippen LogP contribution in [-0.2, 0) is 23.8 Å². The molecular weight excluding hydrogens is 837 g/mol. The van der Waals surface area contributed by atoms with Crippen LogP contribution in [0.5, 0.6) is 0 Å². The summed E-state index contributed by atoms with van der Waals surface area (Å²) in [5.74, 6) is -0.372. The van der Waals surface area contributed by atoms with Crippen LogP contribution in [0.3, 0.4) is 0 Å². The molecule has 0 aromatic carbocycles. The molecule has 5 heteroatoms. The fourth-order valence-electron chi connectivity index (χ4n) is 9.63. The topological polar surface area (TPSA) is 61.8 Å². The molecule has 0 aliphatic rings. The molecule has 0 aliphatic heterocycles. The van der Waals surface area contributed by atoms with Crippen LogP contribution in [0.4, 0.5) is 0 Å². The highest BCUT2D eigenvalue weighted by Gasteiger charge is 2.18. The fraction of sp³-hybridized carbons (Fsp3) is 0.937. The molecule has 0 N–H and O–H groups in total. The first-order valence-electron chi connectivity index (χ1n) is 31.2. The molecule has 0 aromatic rings. The van der Waals surface area contributed by atoms with Crippen LogP contribution >= 0.6 is 0 Å². The Morgan fingerprint density at radius 1 is 0.309 bits per heavy atom. The number of rotatable bonds is 59. The number of hydrogen-bond acceptors (Lipinski definition) is 5. The first kappa shape index (κ1) is 66.6. The molecule has 0 fully saturated rings. The van der Waals surface area contributed by atoms with E-state index in [4.69, 9.17) is 14.2 Å². The molecule has 0 aliphatic carbocycles. The lowest BCUT2D eigenvalue weighted by Gasteiger charge is -2.18. The molecule has 0 bridgehead atoms. The summed E-state index contributed by atoms with van der Waals surface area (Å²) in [6.45, 7) is 7.92. The third kappa shape index (κ3) is 57.2. The van der Waals surface area contributed by atoms with Crippen LogP contribution in [0.2, 0.25) is 0 Å². The van der Waals surface area contributed by atoms with Gasteiger partial charge in [-0.25, -0.2) is 0 Å². The molecule has 0 radical (unpaired) electrons. The third-order valence-corrected chi connectivity index (χ3v) is 14.3. The summed E-state index contributed by atoms with van der Waals surface area (Å²) in [4.78, 5) is 25.6. The summed E-state index contributed by atoms with van der Waals surface area (Å²) in [5, 5.41) is 0. The minimum atomic E-state index is -0.529. The van der Waals surface area contributed by atoms with Crippen molar-refractivity contribution in [1.29, 1.82) is 0 Å². The molecule has 0 heterocycles. The van der Waals surface area contributed by atoms with Gasteiger partial charge in [-0.2, -0.15) is 0 Å². The zero-order chi connectivity index (χ0) is 49.2. The molecular formula is C63H122O5. The molecule has 0 amide bonds. The Morgan fingerprint density at radius 2 is 0.574 bits per heavy atom. The summed E-state index contributed by atoms with van der Waals surface area (Å²) >= 11 is 0. The van der Waals surface area contributed by atoms with E-state index in [0.29, 0.717) is 26.1 Å². The molecule has 0 spiro atoms. The van der Waals surface area contributed by atoms with E-state index in [1.807, 2.05) is 0 Å². The van der Waals surface area contributed by atoms with Crippen molar-refractivity contribution in [3.63, 3.8) is 0 Å². The van der Waals surface area contributed by atoms with Crippen LogP contribution < -0.4 is 0 Å². The lowest BCUT2D eigenvalue weighted by molar-refractivity contribution is -0.163. The van der Waals surface area contributed by atoms with Crippen LogP contribution in [0, 0.1) is 0 Å². The fourth-order valence-corrected chi connectivity index (χ4v) is 9.63. The number of allylic oxidation sites excluding steroid dienone is 2. The van der Waals surface area contributed by atoms with Crippen molar-refractivity contribution in [2.75, 3.05) is 19.8 Å². The maximum Gasteiger partial charge on any atom is 0.306 e. The average molecular weight is 960 g/mol. The van der Waals surface area contributed by atoms with Gasteiger partial charge in [0.05, 0.1) is 6.61 Å². The van der Waals surface area contributed by atoms with Gasteiger partial charge in [0.15, 0.2) is 6.10 Å². The molecule has 404 valence electrons. The third-order valence-electron chi connectivity index (χ3n) is 14.3. The van der Waals surface area contributed by atoms with Gasteiger partial charge in [0, 0.05) is 19.4 Å². The van der Waals surface area contributed by atoms with Crippen LogP contribution in [0.25, 0.3) is 0 Å². The number of esters is 2. The predicted molar refractivity (Wildman–Crippen MR) is 298 cm³/mol. The van der Waals surface area contributed by atoms with E-state index in [2.05, 4.69) is 32.9 Å². The first-order valence-corrected chi connectivity index (χ1v) is 31.2. The quantitative estimate of drug-likeness (QED) is 0.0345. The van der Waals surface area contributed by atoms with E-state index in [9.17, 15) is 9.59 Å². The van der Waals surface area contributed by atoms with Crippen molar-refractivity contribution in [3.8, 4) is 0 Å². The summed E-state index contributed by atoms with van der Waals surface area (Å²) in [6.07, 6.45) is 71.0. The second kappa shape index (κ2) is 59.9. The van der Waals surface area contributed by atoms with Crippen molar-refractivity contribution in [3.05, 3.63) is 12.2 Å². The summed E-state index contributed by atoms with van der Waals surface area (Å²) < 4.78 is 17.5. The Kier molecular flexibility index (Phi) is 58.7. The van der Waals surface area contributed by atoms with Crippen molar-refractivity contribution >= 4 is 11.9 Å². The largest absolute Gasteiger partial charge is 0.462 e. The second-order valence-corrected chi connectivity index (χ2v) is 21.3. The monoisotopic (exact) mass is 959 g/mol. The zero-order valence-electron chi connectivity index (χ0n) is 46.7. The van der Waals surface area contributed by atoms with E-state index < -0.39 is 6.10 Å². The molecule has 5 nitrogen and oxygen atoms in total. The standard InChI is InChI=1S/C63H122O5/c1-4-7-10-13-16-19-22-25-28-31-34-37-40-43-46-49-52-55-58-66-59-61(68-63(65)57-54-51-48-45-42-39-36-33-30-27-24-21-18-15-12-9-6-3)60-67-62(64)56-53-50-47-44-41-38-35-32-29-26-23-20-17-14-11-8-5-2/h26,29,61H,4-25,27-28,30-60H2,1-3H3/b29-26-. The smallest absolute Gasteiger partial charge is 0.306 e. The van der Waals surface area contributed by atoms with E-state index in [-0.39, 0.29) is 18.5 Å².